The van der Waals surface area contributed by atoms with Crippen molar-refractivity contribution in [2.45, 2.75) is 25.9 Å². The van der Waals surface area contributed by atoms with E-state index >= 15 is 0 Å². The third-order valence-corrected chi connectivity index (χ3v) is 4.47. The second-order valence-corrected chi connectivity index (χ2v) is 6.94. The summed E-state index contributed by atoms with van der Waals surface area (Å²) < 4.78 is 2.94. The first kappa shape index (κ1) is 13.1. The molecule has 3 nitrogen and oxygen atoms in total. The molecule has 0 aromatic carbocycles. The maximum Gasteiger partial charge on any atom is 0.0838 e. The molecule has 6 heteroatoms. The van der Waals surface area contributed by atoms with Crippen molar-refractivity contribution in [1.29, 1.82) is 0 Å². The van der Waals surface area contributed by atoms with Crippen LogP contribution in [0.15, 0.2) is 22.1 Å². The van der Waals surface area contributed by atoms with Crippen molar-refractivity contribution in [3.63, 3.8) is 0 Å². The van der Waals surface area contributed by atoms with Gasteiger partial charge in [-0.05, 0) is 41.9 Å². The monoisotopic (exact) mass is 333 g/mol. The molecular formula is C11H13BrClN3S. The summed E-state index contributed by atoms with van der Waals surface area (Å²) in [5.74, 6) is 0. The van der Waals surface area contributed by atoms with E-state index in [-0.39, 0.29) is 12.1 Å². The molecule has 0 saturated carbocycles. The standard InChI is InChI=1S/C11H13BrClN3S/c1-6(2)16-11(7(13)5-15-16)10(14)8-3-4-9(12)17-8/h3-6,10H,14H2,1-2H3. The molecular weight excluding hydrogens is 322 g/mol. The highest BCUT2D eigenvalue weighted by atomic mass is 79.9. The van der Waals surface area contributed by atoms with Gasteiger partial charge in [0, 0.05) is 10.9 Å². The Balaban J connectivity index is 2.43. The van der Waals surface area contributed by atoms with Gasteiger partial charge in [-0.25, -0.2) is 0 Å². The van der Waals surface area contributed by atoms with E-state index in [4.69, 9.17) is 17.3 Å². The number of hydrogen-bond donors (Lipinski definition) is 1. The lowest BCUT2D eigenvalue weighted by Gasteiger charge is -2.16. The first-order chi connectivity index (χ1) is 8.00. The largest absolute Gasteiger partial charge is 0.318 e. The Morgan fingerprint density at radius 2 is 2.18 bits per heavy atom. The molecule has 2 aromatic heterocycles. The molecule has 92 valence electrons. The molecule has 0 fully saturated rings. The average molecular weight is 335 g/mol. The molecule has 0 aliphatic rings. The summed E-state index contributed by atoms with van der Waals surface area (Å²) >= 11 is 11.2. The maximum absolute atomic E-state index is 6.26. The SMILES string of the molecule is CC(C)n1ncc(Cl)c1C(N)c1ccc(Br)s1. The molecule has 2 aromatic rings. The van der Waals surface area contributed by atoms with Crippen molar-refractivity contribution in [1.82, 2.24) is 9.78 Å². The van der Waals surface area contributed by atoms with Crippen LogP contribution < -0.4 is 5.73 Å². The van der Waals surface area contributed by atoms with Gasteiger partial charge in [0.25, 0.3) is 0 Å². The Morgan fingerprint density at radius 3 is 2.71 bits per heavy atom. The Labute approximate surface area is 118 Å². The van der Waals surface area contributed by atoms with Gasteiger partial charge in [-0.2, -0.15) is 5.10 Å². The normalized spacial score (nSPS) is 13.3. The maximum atomic E-state index is 6.26. The molecule has 1 unspecified atom stereocenters. The van der Waals surface area contributed by atoms with Gasteiger partial charge in [0.1, 0.15) is 0 Å². The molecule has 0 aliphatic heterocycles. The summed E-state index contributed by atoms with van der Waals surface area (Å²) in [5.41, 5.74) is 7.13. The van der Waals surface area contributed by atoms with E-state index in [9.17, 15) is 0 Å². The first-order valence-electron chi connectivity index (χ1n) is 5.24. The van der Waals surface area contributed by atoms with Gasteiger partial charge in [0.15, 0.2) is 0 Å². The fourth-order valence-electron chi connectivity index (χ4n) is 1.68. The molecule has 0 saturated heterocycles. The fourth-order valence-corrected chi connectivity index (χ4v) is 3.36. The van der Waals surface area contributed by atoms with Gasteiger partial charge >= 0.3 is 0 Å². The molecule has 0 aliphatic carbocycles. The van der Waals surface area contributed by atoms with E-state index in [0.29, 0.717) is 5.02 Å². The Bertz CT molecular complexity index is 521. The van der Waals surface area contributed by atoms with Crippen molar-refractivity contribution in [3.8, 4) is 0 Å². The number of thiophene rings is 1. The highest BCUT2D eigenvalue weighted by Crippen LogP contribution is 2.33. The predicted octanol–water partition coefficient (Wildman–Crippen LogP) is 3.99. The van der Waals surface area contributed by atoms with Crippen LogP contribution in [0.25, 0.3) is 0 Å². The van der Waals surface area contributed by atoms with Crippen LogP contribution >= 0.6 is 38.9 Å². The topological polar surface area (TPSA) is 43.8 Å². The molecule has 0 amide bonds. The minimum Gasteiger partial charge on any atom is -0.318 e. The molecule has 2 N–H and O–H groups in total. The van der Waals surface area contributed by atoms with E-state index in [2.05, 4.69) is 34.9 Å². The second kappa shape index (κ2) is 5.10. The van der Waals surface area contributed by atoms with Gasteiger partial charge < -0.3 is 5.73 Å². The lowest BCUT2D eigenvalue weighted by Crippen LogP contribution is -2.18. The average Bonchev–Trinajstić information content (AvgIpc) is 2.83. The summed E-state index contributed by atoms with van der Waals surface area (Å²) in [6.07, 6.45) is 1.65. The van der Waals surface area contributed by atoms with E-state index < -0.39 is 0 Å². The van der Waals surface area contributed by atoms with Crippen LogP contribution in [0, 0.1) is 0 Å². The smallest absolute Gasteiger partial charge is 0.0838 e. The zero-order valence-corrected chi connectivity index (χ0v) is 12.7. The van der Waals surface area contributed by atoms with Crippen molar-refractivity contribution in [2.24, 2.45) is 5.73 Å². The molecule has 0 bridgehead atoms. The number of hydrogen-bond acceptors (Lipinski definition) is 3. The minimum absolute atomic E-state index is 0.233. The van der Waals surface area contributed by atoms with Gasteiger partial charge in [0.2, 0.25) is 0 Å². The summed E-state index contributed by atoms with van der Waals surface area (Å²) in [6.45, 7) is 4.12. The third-order valence-electron chi connectivity index (χ3n) is 2.47. The number of rotatable bonds is 3. The molecule has 2 heterocycles. The Kier molecular flexibility index (Phi) is 3.92. The first-order valence-corrected chi connectivity index (χ1v) is 7.23. The van der Waals surface area contributed by atoms with Crippen molar-refractivity contribution < 1.29 is 0 Å². The fraction of sp³-hybridized carbons (Fsp3) is 0.364. The van der Waals surface area contributed by atoms with E-state index in [0.717, 1.165) is 14.4 Å². The van der Waals surface area contributed by atoms with E-state index in [1.165, 1.54) is 0 Å². The lowest BCUT2D eigenvalue weighted by atomic mass is 10.2. The number of halogens is 2. The quantitative estimate of drug-likeness (QED) is 0.922. The molecule has 0 spiro atoms. The van der Waals surface area contributed by atoms with Crippen molar-refractivity contribution >= 4 is 38.9 Å². The van der Waals surface area contributed by atoms with Crippen LogP contribution in [0.5, 0.6) is 0 Å². The van der Waals surface area contributed by atoms with Crippen LogP contribution in [0.4, 0.5) is 0 Å². The highest BCUT2D eigenvalue weighted by Gasteiger charge is 2.21. The number of nitrogens with two attached hydrogens (primary N) is 1. The van der Waals surface area contributed by atoms with Gasteiger partial charge in [0.05, 0.1) is 26.7 Å². The summed E-state index contributed by atoms with van der Waals surface area (Å²) in [5, 5.41) is 4.89. The van der Waals surface area contributed by atoms with Crippen LogP contribution in [-0.4, -0.2) is 9.78 Å². The lowest BCUT2D eigenvalue weighted by molar-refractivity contribution is 0.500. The van der Waals surface area contributed by atoms with Crippen molar-refractivity contribution in [2.75, 3.05) is 0 Å². The molecule has 2 rings (SSSR count). The Morgan fingerprint density at radius 1 is 1.47 bits per heavy atom. The van der Waals surface area contributed by atoms with Crippen LogP contribution in [-0.2, 0) is 0 Å². The van der Waals surface area contributed by atoms with E-state index in [1.54, 1.807) is 17.5 Å². The summed E-state index contributed by atoms with van der Waals surface area (Å²) in [6, 6.07) is 4.01. The second-order valence-electron chi connectivity index (χ2n) is 4.04. The molecule has 17 heavy (non-hydrogen) atoms. The predicted molar refractivity (Wildman–Crippen MR) is 75.7 cm³/mol. The van der Waals surface area contributed by atoms with Gasteiger partial charge in [-0.1, -0.05) is 11.6 Å². The third kappa shape index (κ3) is 2.57. The minimum atomic E-state index is -0.233. The van der Waals surface area contributed by atoms with Crippen molar-refractivity contribution in [3.05, 3.63) is 37.7 Å². The number of nitrogens with zero attached hydrogens (tertiary/aromatic N) is 2. The van der Waals surface area contributed by atoms with Crippen LogP contribution in [0.3, 0.4) is 0 Å². The summed E-state index contributed by atoms with van der Waals surface area (Å²) in [4.78, 5) is 1.07. The zero-order chi connectivity index (χ0) is 12.6. The van der Waals surface area contributed by atoms with Crippen LogP contribution in [0.2, 0.25) is 5.02 Å². The van der Waals surface area contributed by atoms with E-state index in [1.807, 2.05) is 16.8 Å². The zero-order valence-electron chi connectivity index (χ0n) is 9.52. The van der Waals surface area contributed by atoms with Gasteiger partial charge in [-0.3, -0.25) is 4.68 Å². The number of aromatic nitrogens is 2. The Hall–Kier alpha value is -0.360. The molecule has 1 atom stereocenters. The highest BCUT2D eigenvalue weighted by molar-refractivity contribution is 9.11. The van der Waals surface area contributed by atoms with Crippen LogP contribution in [0.1, 0.15) is 36.5 Å². The summed E-state index contributed by atoms with van der Waals surface area (Å²) in [7, 11) is 0. The molecule has 0 radical (unpaired) electrons. The van der Waals surface area contributed by atoms with Gasteiger partial charge in [-0.15, -0.1) is 11.3 Å².